The first kappa shape index (κ1) is 32.2. The number of fused-ring (bicyclic) bond motifs is 1. The molecule has 4 rings (SSSR count). The number of aromatic nitrogens is 1. The molecular weight excluding hydrogens is 506 g/mol. The van der Waals surface area contributed by atoms with Crippen LogP contribution in [-0.2, 0) is 9.59 Å². The van der Waals surface area contributed by atoms with Crippen molar-refractivity contribution >= 4 is 34.9 Å². The molecule has 40 heavy (non-hydrogen) atoms. The average molecular weight is 550 g/mol. The molecule has 1 aliphatic heterocycles. The Morgan fingerprint density at radius 3 is 2.38 bits per heavy atom. The fourth-order valence-corrected chi connectivity index (χ4v) is 4.56. The van der Waals surface area contributed by atoms with E-state index in [1.807, 2.05) is 71.0 Å². The number of nitrogens with one attached hydrogen (secondary N) is 3. The van der Waals surface area contributed by atoms with Crippen molar-refractivity contribution in [2.75, 3.05) is 39.3 Å². The fourth-order valence-electron chi connectivity index (χ4n) is 4.56. The number of carbonyl (C=O) groups is 4. The second kappa shape index (κ2) is 16.9. The molecule has 1 aromatic heterocycles. The molecule has 0 aliphatic carbocycles. The number of aromatic amines is 1. The van der Waals surface area contributed by atoms with Crippen molar-refractivity contribution in [1.29, 1.82) is 0 Å². The largest absolute Gasteiger partial charge is 0.360 e. The van der Waals surface area contributed by atoms with E-state index in [2.05, 4.69) is 15.6 Å². The first-order chi connectivity index (χ1) is 19.4. The lowest BCUT2D eigenvalue weighted by atomic mass is 10.0. The van der Waals surface area contributed by atoms with Crippen LogP contribution in [0.2, 0.25) is 0 Å². The maximum absolute atomic E-state index is 13.1. The standard InChI is InChI=1S/C24H25N3O3.C5H12N2O.C2H6/c1-3-18-15-26(23(29)17-9-5-4-6-10-17)12-13-27(18)24(30)22(28)20-14-25-21-16(2)8-7-11-19(20)21;1-2-6-3-4-7-5-8;1-2/h4-11,14,18,25H,3,12-13,15H2,1-2H3;5-6H,2-4H2,1H3,(H,7,8);1-2H3. The van der Waals surface area contributed by atoms with Crippen LogP contribution in [0.4, 0.5) is 0 Å². The molecule has 3 amide bonds. The molecule has 1 saturated heterocycles. The van der Waals surface area contributed by atoms with E-state index >= 15 is 0 Å². The molecule has 1 unspecified atom stereocenters. The third-order valence-electron chi connectivity index (χ3n) is 6.66. The Morgan fingerprint density at radius 1 is 1.00 bits per heavy atom. The van der Waals surface area contributed by atoms with Gasteiger partial charge in [-0.1, -0.05) is 64.1 Å². The van der Waals surface area contributed by atoms with Crippen molar-refractivity contribution < 1.29 is 19.2 Å². The van der Waals surface area contributed by atoms with Gasteiger partial charge in [0.2, 0.25) is 6.41 Å². The van der Waals surface area contributed by atoms with E-state index in [9.17, 15) is 19.2 Å². The Kier molecular flexibility index (Phi) is 13.6. The second-order valence-corrected chi connectivity index (χ2v) is 9.13. The molecule has 9 nitrogen and oxygen atoms in total. The van der Waals surface area contributed by atoms with Gasteiger partial charge in [-0.05, 0) is 37.6 Å². The van der Waals surface area contributed by atoms with Crippen molar-refractivity contribution in [1.82, 2.24) is 25.4 Å². The van der Waals surface area contributed by atoms with Gasteiger partial charge in [0.25, 0.3) is 17.6 Å². The number of benzene rings is 2. The van der Waals surface area contributed by atoms with E-state index in [0.29, 0.717) is 43.6 Å². The maximum Gasteiger partial charge on any atom is 0.295 e. The van der Waals surface area contributed by atoms with E-state index in [1.54, 1.807) is 28.1 Å². The minimum absolute atomic E-state index is 0.0421. The number of carbonyl (C=O) groups excluding carboxylic acids is 4. The van der Waals surface area contributed by atoms with Crippen molar-refractivity contribution in [2.24, 2.45) is 0 Å². The molecule has 3 aromatic rings. The number of para-hydroxylation sites is 1. The number of aryl methyl sites for hydroxylation is 1. The lowest BCUT2D eigenvalue weighted by Crippen LogP contribution is -2.57. The van der Waals surface area contributed by atoms with Crippen LogP contribution < -0.4 is 10.6 Å². The van der Waals surface area contributed by atoms with Gasteiger partial charge in [0.1, 0.15) is 0 Å². The summed E-state index contributed by atoms with van der Waals surface area (Å²) in [5.41, 5.74) is 2.94. The molecule has 0 radical (unpaired) electrons. The number of hydrogen-bond donors (Lipinski definition) is 3. The van der Waals surface area contributed by atoms with Gasteiger partial charge < -0.3 is 25.4 Å². The Bertz CT molecular complexity index is 1240. The number of ketones is 1. The SMILES string of the molecule is CC.CCC1CN(C(=O)c2ccccc2)CCN1C(=O)C(=O)c1c[nH]c2c(C)cccc12.CCNCCNC=O. The van der Waals surface area contributed by atoms with Crippen LogP contribution in [0.1, 0.15) is 60.4 Å². The van der Waals surface area contributed by atoms with Crippen LogP contribution in [0.3, 0.4) is 0 Å². The Balaban J connectivity index is 0.000000484. The highest BCUT2D eigenvalue weighted by molar-refractivity contribution is 6.45. The molecule has 3 N–H and O–H groups in total. The van der Waals surface area contributed by atoms with E-state index in [0.717, 1.165) is 36.1 Å². The van der Waals surface area contributed by atoms with Gasteiger partial charge in [-0.15, -0.1) is 0 Å². The molecule has 2 heterocycles. The van der Waals surface area contributed by atoms with E-state index in [4.69, 9.17) is 0 Å². The third-order valence-corrected chi connectivity index (χ3v) is 6.66. The van der Waals surface area contributed by atoms with Gasteiger partial charge in [-0.2, -0.15) is 0 Å². The zero-order valence-corrected chi connectivity index (χ0v) is 24.3. The van der Waals surface area contributed by atoms with Crippen LogP contribution in [-0.4, -0.2) is 84.1 Å². The second-order valence-electron chi connectivity index (χ2n) is 9.13. The molecule has 0 saturated carbocycles. The van der Waals surface area contributed by atoms with Gasteiger partial charge in [0, 0.05) is 61.4 Å². The Hall–Kier alpha value is -3.98. The minimum atomic E-state index is -0.506. The van der Waals surface area contributed by atoms with E-state index < -0.39 is 11.7 Å². The first-order valence-corrected chi connectivity index (χ1v) is 14.1. The minimum Gasteiger partial charge on any atom is -0.360 e. The lowest BCUT2D eigenvalue weighted by Gasteiger charge is -2.40. The molecule has 0 spiro atoms. The van der Waals surface area contributed by atoms with Crippen LogP contribution in [0.25, 0.3) is 10.9 Å². The predicted octanol–water partition coefficient (Wildman–Crippen LogP) is 3.79. The third kappa shape index (κ3) is 8.26. The summed E-state index contributed by atoms with van der Waals surface area (Å²) in [6.45, 7) is 13.7. The predicted molar refractivity (Wildman–Crippen MR) is 159 cm³/mol. The number of nitrogens with zero attached hydrogens (tertiary/aromatic N) is 2. The van der Waals surface area contributed by atoms with Gasteiger partial charge in [-0.3, -0.25) is 19.2 Å². The summed E-state index contributed by atoms with van der Waals surface area (Å²) in [4.78, 5) is 55.1. The van der Waals surface area contributed by atoms with E-state index in [1.165, 1.54) is 0 Å². The summed E-state index contributed by atoms with van der Waals surface area (Å²) in [6.07, 6.45) is 3.00. The number of H-pyrrole nitrogens is 1. The van der Waals surface area contributed by atoms with E-state index in [-0.39, 0.29) is 11.9 Å². The molecule has 9 heteroatoms. The lowest BCUT2D eigenvalue weighted by molar-refractivity contribution is -0.130. The summed E-state index contributed by atoms with van der Waals surface area (Å²) < 4.78 is 0. The summed E-state index contributed by atoms with van der Waals surface area (Å²) >= 11 is 0. The van der Waals surface area contributed by atoms with Gasteiger partial charge >= 0.3 is 0 Å². The van der Waals surface area contributed by atoms with Gasteiger partial charge in [0.15, 0.2) is 0 Å². The van der Waals surface area contributed by atoms with Crippen molar-refractivity contribution in [3.05, 3.63) is 71.4 Å². The van der Waals surface area contributed by atoms with Crippen LogP contribution >= 0.6 is 0 Å². The summed E-state index contributed by atoms with van der Waals surface area (Å²) in [7, 11) is 0. The topological polar surface area (TPSA) is 115 Å². The highest BCUT2D eigenvalue weighted by Crippen LogP contribution is 2.23. The highest BCUT2D eigenvalue weighted by Gasteiger charge is 2.35. The average Bonchev–Trinajstić information content (AvgIpc) is 3.45. The molecule has 0 bridgehead atoms. The van der Waals surface area contributed by atoms with Crippen LogP contribution in [0.5, 0.6) is 0 Å². The highest BCUT2D eigenvalue weighted by atomic mass is 16.2. The number of hydrogen-bond acceptors (Lipinski definition) is 5. The molecule has 1 atom stereocenters. The summed E-state index contributed by atoms with van der Waals surface area (Å²) in [5, 5.41) is 6.36. The Labute approximate surface area is 237 Å². The summed E-state index contributed by atoms with van der Waals surface area (Å²) in [5.74, 6) is -1.05. The number of piperazine rings is 1. The first-order valence-electron chi connectivity index (χ1n) is 14.1. The van der Waals surface area contributed by atoms with Crippen LogP contribution in [0.15, 0.2) is 54.7 Å². The summed E-state index contributed by atoms with van der Waals surface area (Å²) in [6, 6.07) is 14.7. The normalized spacial score (nSPS) is 14.4. The zero-order valence-electron chi connectivity index (χ0n) is 24.3. The molecule has 2 aromatic carbocycles. The molecule has 1 fully saturated rings. The van der Waals surface area contributed by atoms with Crippen molar-refractivity contribution in [3.8, 4) is 0 Å². The maximum atomic E-state index is 13.1. The number of Topliss-reactive ketones (excluding diaryl/α,β-unsaturated/α-hetero) is 1. The molecule has 1 aliphatic rings. The smallest absolute Gasteiger partial charge is 0.295 e. The number of rotatable bonds is 9. The quantitative estimate of drug-likeness (QED) is 0.163. The van der Waals surface area contributed by atoms with Gasteiger partial charge in [0.05, 0.1) is 5.56 Å². The fraction of sp³-hybridized carbons (Fsp3) is 0.419. The van der Waals surface area contributed by atoms with Crippen molar-refractivity contribution in [2.45, 2.75) is 47.1 Å². The number of likely N-dealkylation sites (N-methyl/N-ethyl adjacent to an activating group) is 1. The molecular formula is C31H43N5O4. The molecule has 216 valence electrons. The van der Waals surface area contributed by atoms with Crippen LogP contribution in [0, 0.1) is 6.92 Å². The monoisotopic (exact) mass is 549 g/mol. The van der Waals surface area contributed by atoms with Crippen molar-refractivity contribution in [3.63, 3.8) is 0 Å². The zero-order chi connectivity index (χ0) is 29.5. The van der Waals surface area contributed by atoms with Gasteiger partial charge in [-0.25, -0.2) is 0 Å². The number of amides is 3. The Morgan fingerprint density at radius 2 is 1.73 bits per heavy atom.